The van der Waals surface area contributed by atoms with E-state index >= 15 is 0 Å². The zero-order chi connectivity index (χ0) is 20.1. The molecule has 0 aliphatic heterocycles. The van der Waals surface area contributed by atoms with Gasteiger partial charge in [0.05, 0.1) is 11.3 Å². The van der Waals surface area contributed by atoms with E-state index in [0.29, 0.717) is 17.2 Å². The van der Waals surface area contributed by atoms with Gasteiger partial charge in [-0.3, -0.25) is 4.79 Å². The fraction of sp³-hybridized carbons (Fsp3) is 0.227. The van der Waals surface area contributed by atoms with E-state index in [1.165, 1.54) is 23.8 Å². The molecular formula is C22H22N2O3S. The first-order valence-corrected chi connectivity index (χ1v) is 9.90. The van der Waals surface area contributed by atoms with Crippen LogP contribution in [0.4, 0.5) is 5.69 Å². The third kappa shape index (κ3) is 5.04. The van der Waals surface area contributed by atoms with Crippen LogP contribution in [0, 0.1) is 0 Å². The van der Waals surface area contributed by atoms with Crippen LogP contribution in [-0.2, 0) is 16.1 Å². The average molecular weight is 394 g/mol. The highest BCUT2D eigenvalue weighted by atomic mass is 32.1. The summed E-state index contributed by atoms with van der Waals surface area (Å²) in [6.45, 7) is 5.88. The predicted octanol–water partition coefficient (Wildman–Crippen LogP) is 5.25. The Labute approximate surface area is 168 Å². The average Bonchev–Trinajstić information content (AvgIpc) is 3.15. The number of hydrogen-bond donors (Lipinski definition) is 1. The van der Waals surface area contributed by atoms with Crippen molar-refractivity contribution >= 4 is 28.9 Å². The van der Waals surface area contributed by atoms with Crippen molar-refractivity contribution in [2.75, 3.05) is 5.32 Å². The van der Waals surface area contributed by atoms with Crippen LogP contribution in [-0.4, -0.2) is 16.9 Å². The number of benzene rings is 2. The monoisotopic (exact) mass is 394 g/mol. The highest BCUT2D eigenvalue weighted by Crippen LogP contribution is 2.26. The third-order valence-electron chi connectivity index (χ3n) is 4.17. The maximum Gasteiger partial charge on any atom is 0.338 e. The van der Waals surface area contributed by atoms with Gasteiger partial charge in [-0.15, -0.1) is 11.3 Å². The molecule has 0 fully saturated rings. The molecule has 0 saturated heterocycles. The van der Waals surface area contributed by atoms with Crippen LogP contribution in [0.2, 0.25) is 0 Å². The smallest absolute Gasteiger partial charge is 0.338 e. The maximum atomic E-state index is 12.2. The molecule has 3 aromatic rings. The lowest BCUT2D eigenvalue weighted by molar-refractivity contribution is -0.114. The highest BCUT2D eigenvalue weighted by molar-refractivity contribution is 7.13. The number of hydrogen-bond acceptors (Lipinski definition) is 5. The number of aromatic nitrogens is 1. The molecule has 1 aromatic heterocycles. The van der Waals surface area contributed by atoms with Crippen molar-refractivity contribution in [1.29, 1.82) is 0 Å². The van der Waals surface area contributed by atoms with Crippen LogP contribution < -0.4 is 5.32 Å². The minimum Gasteiger partial charge on any atom is -0.456 e. The van der Waals surface area contributed by atoms with Gasteiger partial charge in [-0.2, -0.15) is 0 Å². The van der Waals surface area contributed by atoms with Gasteiger partial charge in [-0.05, 0) is 35.7 Å². The van der Waals surface area contributed by atoms with Gasteiger partial charge in [0, 0.05) is 23.6 Å². The van der Waals surface area contributed by atoms with Crippen molar-refractivity contribution in [3.8, 4) is 10.6 Å². The Morgan fingerprint density at radius 2 is 1.75 bits per heavy atom. The topological polar surface area (TPSA) is 68.3 Å². The van der Waals surface area contributed by atoms with E-state index in [1.807, 2.05) is 5.38 Å². The lowest BCUT2D eigenvalue weighted by Crippen LogP contribution is -2.08. The summed E-state index contributed by atoms with van der Waals surface area (Å²) in [5.74, 6) is -0.0913. The molecule has 0 saturated carbocycles. The summed E-state index contributed by atoms with van der Waals surface area (Å²) in [7, 11) is 0. The summed E-state index contributed by atoms with van der Waals surface area (Å²) in [6.07, 6.45) is 0. The summed E-state index contributed by atoms with van der Waals surface area (Å²) in [5, 5.41) is 5.46. The SMILES string of the molecule is CC(=O)Nc1ccc(C(=O)OCc2csc(-c3ccc(C(C)C)cc3)n2)cc1. The van der Waals surface area contributed by atoms with Crippen molar-refractivity contribution in [3.05, 3.63) is 70.7 Å². The molecule has 28 heavy (non-hydrogen) atoms. The van der Waals surface area contributed by atoms with Crippen molar-refractivity contribution in [2.45, 2.75) is 33.3 Å². The first kappa shape index (κ1) is 19.8. The molecule has 0 aliphatic carbocycles. The number of ether oxygens (including phenoxy) is 1. The lowest BCUT2D eigenvalue weighted by Gasteiger charge is -2.06. The summed E-state index contributed by atoms with van der Waals surface area (Å²) in [6, 6.07) is 14.9. The first-order valence-electron chi connectivity index (χ1n) is 9.02. The summed E-state index contributed by atoms with van der Waals surface area (Å²) in [5.41, 5.74) is 4.13. The second-order valence-electron chi connectivity index (χ2n) is 6.76. The fourth-order valence-corrected chi connectivity index (χ4v) is 3.44. The molecule has 5 nitrogen and oxygen atoms in total. The van der Waals surface area contributed by atoms with E-state index in [-0.39, 0.29) is 12.5 Å². The zero-order valence-corrected chi connectivity index (χ0v) is 16.9. The van der Waals surface area contributed by atoms with Crippen molar-refractivity contribution in [3.63, 3.8) is 0 Å². The Hall–Kier alpha value is -2.99. The molecular weight excluding hydrogens is 372 g/mol. The summed E-state index contributed by atoms with van der Waals surface area (Å²) >= 11 is 1.53. The molecule has 1 N–H and O–H groups in total. The minimum atomic E-state index is -0.426. The van der Waals surface area contributed by atoms with E-state index in [0.717, 1.165) is 16.3 Å². The van der Waals surface area contributed by atoms with Crippen molar-refractivity contribution in [1.82, 2.24) is 4.98 Å². The second-order valence-corrected chi connectivity index (χ2v) is 7.61. The van der Waals surface area contributed by atoms with Crippen LogP contribution >= 0.6 is 11.3 Å². The van der Waals surface area contributed by atoms with Gasteiger partial charge in [0.25, 0.3) is 0 Å². The molecule has 0 spiro atoms. The van der Waals surface area contributed by atoms with E-state index in [1.54, 1.807) is 24.3 Å². The zero-order valence-electron chi connectivity index (χ0n) is 16.1. The highest BCUT2D eigenvalue weighted by Gasteiger charge is 2.11. The molecule has 0 unspecified atom stereocenters. The number of nitrogens with zero attached hydrogens (tertiary/aromatic N) is 1. The molecule has 2 aromatic carbocycles. The Balaban J connectivity index is 1.59. The minimum absolute atomic E-state index is 0.118. The fourth-order valence-electron chi connectivity index (χ4n) is 2.63. The molecule has 144 valence electrons. The lowest BCUT2D eigenvalue weighted by atomic mass is 10.0. The number of anilines is 1. The first-order chi connectivity index (χ1) is 13.4. The molecule has 0 aliphatic rings. The third-order valence-corrected chi connectivity index (χ3v) is 5.11. The van der Waals surface area contributed by atoms with Crippen LogP contribution in [0.3, 0.4) is 0 Å². The molecule has 1 heterocycles. The van der Waals surface area contributed by atoms with Crippen LogP contribution in [0.25, 0.3) is 10.6 Å². The maximum absolute atomic E-state index is 12.2. The number of esters is 1. The Morgan fingerprint density at radius 3 is 2.36 bits per heavy atom. The van der Waals surface area contributed by atoms with Crippen molar-refractivity contribution in [2.24, 2.45) is 0 Å². The van der Waals surface area contributed by atoms with Crippen LogP contribution in [0.1, 0.15) is 48.3 Å². The second kappa shape index (κ2) is 8.80. The quantitative estimate of drug-likeness (QED) is 0.580. The number of carbonyl (C=O) groups excluding carboxylic acids is 2. The van der Waals surface area contributed by atoms with E-state index < -0.39 is 5.97 Å². The predicted molar refractivity (Wildman–Crippen MR) is 112 cm³/mol. The largest absolute Gasteiger partial charge is 0.456 e. The molecule has 6 heteroatoms. The van der Waals surface area contributed by atoms with Gasteiger partial charge in [-0.1, -0.05) is 38.1 Å². The van der Waals surface area contributed by atoms with E-state index in [9.17, 15) is 9.59 Å². The van der Waals surface area contributed by atoms with E-state index in [2.05, 4.69) is 48.4 Å². The normalized spacial score (nSPS) is 10.7. The van der Waals surface area contributed by atoms with Crippen molar-refractivity contribution < 1.29 is 14.3 Å². The van der Waals surface area contributed by atoms with Gasteiger partial charge in [0.15, 0.2) is 0 Å². The van der Waals surface area contributed by atoms with Gasteiger partial charge in [-0.25, -0.2) is 9.78 Å². The Bertz CT molecular complexity index is 960. The van der Waals surface area contributed by atoms with Gasteiger partial charge in [0.1, 0.15) is 11.6 Å². The molecule has 3 rings (SSSR count). The standard InChI is InChI=1S/C22H22N2O3S/c1-14(2)16-4-6-17(7-5-16)21-24-20(13-28-21)12-27-22(26)18-8-10-19(11-9-18)23-15(3)25/h4-11,13-14H,12H2,1-3H3,(H,23,25). The molecule has 0 radical (unpaired) electrons. The number of rotatable bonds is 6. The van der Waals surface area contributed by atoms with Gasteiger partial charge >= 0.3 is 5.97 Å². The van der Waals surface area contributed by atoms with Crippen LogP contribution in [0.5, 0.6) is 0 Å². The summed E-state index contributed by atoms with van der Waals surface area (Å²) < 4.78 is 5.35. The molecule has 0 bridgehead atoms. The summed E-state index contributed by atoms with van der Waals surface area (Å²) in [4.78, 5) is 27.8. The van der Waals surface area contributed by atoms with E-state index in [4.69, 9.17) is 4.74 Å². The Kier molecular flexibility index (Phi) is 6.21. The number of nitrogens with one attached hydrogen (secondary N) is 1. The molecule has 1 amide bonds. The van der Waals surface area contributed by atoms with Crippen LogP contribution in [0.15, 0.2) is 53.9 Å². The number of thiazole rings is 1. The molecule has 0 atom stereocenters. The van der Waals surface area contributed by atoms with Gasteiger partial charge in [0.2, 0.25) is 5.91 Å². The Morgan fingerprint density at radius 1 is 1.07 bits per heavy atom. The number of amides is 1. The number of carbonyl (C=O) groups is 2. The van der Waals surface area contributed by atoms with Gasteiger partial charge < -0.3 is 10.1 Å².